The van der Waals surface area contributed by atoms with Crippen LogP contribution in [0.2, 0.25) is 5.02 Å². The van der Waals surface area contributed by atoms with Crippen LogP contribution >= 0.6 is 11.6 Å². The van der Waals surface area contributed by atoms with Crippen LogP contribution < -0.4 is 10.2 Å². The summed E-state index contributed by atoms with van der Waals surface area (Å²) in [5.74, 6) is 2.52. The van der Waals surface area contributed by atoms with Gasteiger partial charge in [0.05, 0.1) is 11.6 Å². The second kappa shape index (κ2) is 7.89. The van der Waals surface area contributed by atoms with Gasteiger partial charge in [0.15, 0.2) is 0 Å². The Balaban J connectivity index is 1.36. The van der Waals surface area contributed by atoms with E-state index in [1.807, 2.05) is 42.5 Å². The molecule has 1 aromatic carbocycles. The number of anilines is 1. The average molecular weight is 369 g/mol. The maximum atomic E-state index is 6.25. The van der Waals surface area contributed by atoms with Crippen LogP contribution in [-0.4, -0.2) is 29.1 Å². The topological polar surface area (TPSA) is 54.2 Å². The van der Waals surface area contributed by atoms with Crippen molar-refractivity contribution in [3.8, 4) is 11.3 Å². The number of halogens is 1. The minimum Gasteiger partial charge on any atom is -0.460 e. The molecule has 1 aliphatic heterocycles. The molecule has 1 atom stereocenters. The Morgan fingerprint density at radius 2 is 1.96 bits per heavy atom. The molecule has 1 saturated heterocycles. The highest BCUT2D eigenvalue weighted by Crippen LogP contribution is 2.29. The Morgan fingerprint density at radius 3 is 2.81 bits per heavy atom. The van der Waals surface area contributed by atoms with Crippen LogP contribution in [0.4, 0.5) is 5.95 Å². The molecule has 5 nitrogen and oxygen atoms in total. The first-order valence-corrected chi connectivity index (χ1v) is 9.26. The van der Waals surface area contributed by atoms with Crippen LogP contribution in [0.1, 0.15) is 18.6 Å². The summed E-state index contributed by atoms with van der Waals surface area (Å²) in [7, 11) is 0. The van der Waals surface area contributed by atoms with E-state index >= 15 is 0 Å². The molecule has 0 aliphatic carbocycles. The summed E-state index contributed by atoms with van der Waals surface area (Å²) in [6.07, 6.45) is 5.84. The maximum absolute atomic E-state index is 6.25. The Morgan fingerprint density at radius 1 is 1.12 bits per heavy atom. The number of nitrogens with zero attached hydrogens (tertiary/aromatic N) is 3. The smallest absolute Gasteiger partial charge is 0.225 e. The van der Waals surface area contributed by atoms with E-state index in [9.17, 15) is 0 Å². The van der Waals surface area contributed by atoms with Crippen LogP contribution in [0.25, 0.3) is 11.3 Å². The third kappa shape index (κ3) is 3.89. The second-order valence-electron chi connectivity index (χ2n) is 6.46. The molecule has 134 valence electrons. The maximum Gasteiger partial charge on any atom is 0.225 e. The molecule has 3 aromatic rings. The SMILES string of the molecule is Clc1ccccc1-c1ccc(CNC2CCCN(c3ncccn3)C2)o1. The number of piperidine rings is 1. The lowest BCUT2D eigenvalue weighted by molar-refractivity contribution is 0.395. The van der Waals surface area contributed by atoms with Crippen molar-refractivity contribution in [2.45, 2.75) is 25.4 Å². The highest BCUT2D eigenvalue weighted by molar-refractivity contribution is 6.33. The minimum absolute atomic E-state index is 0.390. The van der Waals surface area contributed by atoms with Gasteiger partial charge in [0.1, 0.15) is 11.5 Å². The van der Waals surface area contributed by atoms with Crippen LogP contribution in [0.15, 0.2) is 59.3 Å². The van der Waals surface area contributed by atoms with E-state index in [1.54, 1.807) is 12.4 Å². The van der Waals surface area contributed by atoms with Crippen LogP contribution in [0, 0.1) is 0 Å². The summed E-state index contributed by atoms with van der Waals surface area (Å²) in [4.78, 5) is 10.9. The van der Waals surface area contributed by atoms with Gasteiger partial charge in [-0.15, -0.1) is 0 Å². The van der Waals surface area contributed by atoms with E-state index in [2.05, 4.69) is 20.2 Å². The second-order valence-corrected chi connectivity index (χ2v) is 6.87. The molecule has 1 N–H and O–H groups in total. The van der Waals surface area contributed by atoms with Crippen molar-refractivity contribution in [3.63, 3.8) is 0 Å². The third-order valence-electron chi connectivity index (χ3n) is 4.62. The Bertz CT molecular complexity index is 852. The van der Waals surface area contributed by atoms with Gasteiger partial charge in [0, 0.05) is 37.1 Å². The standard InChI is InChI=1S/C20H21ClN4O/c21-18-7-2-1-6-17(18)19-9-8-16(26-19)13-24-15-5-3-12-25(14-15)20-22-10-4-11-23-20/h1-2,4,6-11,15,24H,3,5,12-14H2. The van der Waals surface area contributed by atoms with Crippen LogP contribution in [-0.2, 0) is 6.54 Å². The summed E-state index contributed by atoms with van der Waals surface area (Å²) in [5.41, 5.74) is 0.922. The Kier molecular flexibility index (Phi) is 5.18. The van der Waals surface area contributed by atoms with E-state index in [0.717, 1.165) is 49.0 Å². The lowest BCUT2D eigenvalue weighted by Crippen LogP contribution is -2.46. The average Bonchev–Trinajstić information content (AvgIpc) is 3.16. The first-order valence-electron chi connectivity index (χ1n) is 8.88. The van der Waals surface area contributed by atoms with Gasteiger partial charge in [-0.2, -0.15) is 0 Å². The quantitative estimate of drug-likeness (QED) is 0.733. The first kappa shape index (κ1) is 17.1. The van der Waals surface area contributed by atoms with Crippen LogP contribution in [0.5, 0.6) is 0 Å². The highest BCUT2D eigenvalue weighted by Gasteiger charge is 2.21. The molecule has 0 bridgehead atoms. The van der Waals surface area contributed by atoms with Crippen molar-refractivity contribution in [2.24, 2.45) is 0 Å². The van der Waals surface area contributed by atoms with Gasteiger partial charge in [-0.05, 0) is 43.2 Å². The van der Waals surface area contributed by atoms with Gasteiger partial charge < -0.3 is 14.6 Å². The fraction of sp³-hybridized carbons (Fsp3) is 0.300. The molecule has 1 fully saturated rings. The predicted molar refractivity (Wildman–Crippen MR) is 103 cm³/mol. The van der Waals surface area contributed by atoms with Gasteiger partial charge in [-0.1, -0.05) is 23.7 Å². The first-order chi connectivity index (χ1) is 12.8. The molecule has 0 spiro atoms. The lowest BCUT2D eigenvalue weighted by Gasteiger charge is -2.33. The van der Waals surface area contributed by atoms with Gasteiger partial charge in [-0.25, -0.2) is 9.97 Å². The summed E-state index contributed by atoms with van der Waals surface area (Å²) in [6, 6.07) is 13.9. The zero-order chi connectivity index (χ0) is 17.8. The number of furan rings is 1. The predicted octanol–water partition coefficient (Wildman–Crippen LogP) is 4.15. The Labute approximate surface area is 158 Å². The fourth-order valence-corrected chi connectivity index (χ4v) is 3.53. The van der Waals surface area contributed by atoms with E-state index in [-0.39, 0.29) is 0 Å². The van der Waals surface area contributed by atoms with Gasteiger partial charge >= 0.3 is 0 Å². The van der Waals surface area contributed by atoms with Crippen molar-refractivity contribution in [1.29, 1.82) is 0 Å². The zero-order valence-electron chi connectivity index (χ0n) is 14.4. The number of benzene rings is 1. The van der Waals surface area contributed by atoms with Crippen molar-refractivity contribution >= 4 is 17.5 Å². The molecule has 3 heterocycles. The van der Waals surface area contributed by atoms with Crippen LogP contribution in [0.3, 0.4) is 0 Å². The molecular formula is C20H21ClN4O. The van der Waals surface area contributed by atoms with Gasteiger partial charge in [0.2, 0.25) is 5.95 Å². The van der Waals surface area contributed by atoms with Gasteiger partial charge in [0.25, 0.3) is 0 Å². The summed E-state index contributed by atoms with van der Waals surface area (Å²) < 4.78 is 5.97. The Hall–Kier alpha value is -2.37. The van der Waals surface area contributed by atoms with Gasteiger partial charge in [-0.3, -0.25) is 0 Å². The van der Waals surface area contributed by atoms with E-state index in [1.165, 1.54) is 0 Å². The molecule has 1 unspecified atom stereocenters. The molecular weight excluding hydrogens is 348 g/mol. The van der Waals surface area contributed by atoms with Crippen molar-refractivity contribution in [3.05, 3.63) is 65.6 Å². The summed E-state index contributed by atoms with van der Waals surface area (Å²) in [5, 5.41) is 4.29. The normalized spacial score (nSPS) is 17.4. The molecule has 4 rings (SSSR count). The summed E-state index contributed by atoms with van der Waals surface area (Å²) in [6.45, 7) is 2.60. The largest absolute Gasteiger partial charge is 0.460 e. The molecule has 6 heteroatoms. The van der Waals surface area contributed by atoms with E-state index in [0.29, 0.717) is 17.6 Å². The highest BCUT2D eigenvalue weighted by atomic mass is 35.5. The van der Waals surface area contributed by atoms with Crippen molar-refractivity contribution < 1.29 is 4.42 Å². The molecule has 1 aliphatic rings. The molecule has 26 heavy (non-hydrogen) atoms. The zero-order valence-corrected chi connectivity index (χ0v) is 15.2. The monoisotopic (exact) mass is 368 g/mol. The van der Waals surface area contributed by atoms with Crippen molar-refractivity contribution in [1.82, 2.24) is 15.3 Å². The molecule has 0 saturated carbocycles. The van der Waals surface area contributed by atoms with E-state index in [4.69, 9.17) is 16.0 Å². The molecule has 0 radical (unpaired) electrons. The number of nitrogens with one attached hydrogen (secondary N) is 1. The molecule has 2 aromatic heterocycles. The number of aromatic nitrogens is 2. The fourth-order valence-electron chi connectivity index (χ4n) is 3.30. The number of hydrogen-bond donors (Lipinski definition) is 1. The van der Waals surface area contributed by atoms with E-state index < -0.39 is 0 Å². The van der Waals surface area contributed by atoms with Crippen molar-refractivity contribution in [2.75, 3.05) is 18.0 Å². The number of rotatable bonds is 5. The third-order valence-corrected chi connectivity index (χ3v) is 4.95. The number of hydrogen-bond acceptors (Lipinski definition) is 5. The summed E-state index contributed by atoms with van der Waals surface area (Å²) >= 11 is 6.25. The lowest BCUT2D eigenvalue weighted by atomic mass is 10.1. The molecule has 0 amide bonds. The minimum atomic E-state index is 0.390.